The van der Waals surface area contributed by atoms with Gasteiger partial charge in [-0.05, 0) is 6.42 Å². The lowest BCUT2D eigenvalue weighted by molar-refractivity contribution is 0.126. The van der Waals surface area contributed by atoms with Crippen molar-refractivity contribution in [2.24, 2.45) is 0 Å². The number of rotatable bonds is 2. The highest BCUT2D eigenvalue weighted by molar-refractivity contribution is 5.66. The third-order valence-electron chi connectivity index (χ3n) is 0.739. The van der Waals surface area contributed by atoms with E-state index in [2.05, 4.69) is 4.74 Å². The van der Waals surface area contributed by atoms with Crippen LogP contribution >= 0.6 is 0 Å². The first-order valence-electron chi connectivity index (χ1n) is 2.80. The summed E-state index contributed by atoms with van der Waals surface area (Å²) < 4.78 is 4.68. The molecule has 0 N–H and O–H groups in total. The summed E-state index contributed by atoms with van der Waals surface area (Å²) in [7, 11) is 3.30. The smallest absolute Gasteiger partial charge is 0.409 e. The Hall–Kier alpha value is -0.730. The summed E-state index contributed by atoms with van der Waals surface area (Å²) in [6.45, 7) is 2.22. The van der Waals surface area contributed by atoms with Crippen molar-refractivity contribution < 1.29 is 9.53 Å². The maximum atomic E-state index is 10.6. The van der Waals surface area contributed by atoms with Crippen molar-refractivity contribution in [3.05, 3.63) is 6.42 Å². The van der Waals surface area contributed by atoms with Gasteiger partial charge in [0.2, 0.25) is 0 Å². The van der Waals surface area contributed by atoms with E-state index in [-0.39, 0.29) is 6.09 Å². The summed E-state index contributed by atoms with van der Waals surface area (Å²) in [6, 6.07) is 0. The Morgan fingerprint density at radius 3 is 2.56 bits per heavy atom. The van der Waals surface area contributed by atoms with Gasteiger partial charge in [0, 0.05) is 14.1 Å². The highest BCUT2D eigenvalue weighted by atomic mass is 16.6. The lowest BCUT2D eigenvalue weighted by Gasteiger charge is -2.09. The molecule has 0 fully saturated rings. The summed E-state index contributed by atoms with van der Waals surface area (Å²) in [6.07, 6.45) is 1.48. The number of carbonyl (C=O) groups is 1. The van der Waals surface area contributed by atoms with Gasteiger partial charge in [-0.3, -0.25) is 0 Å². The first-order chi connectivity index (χ1) is 4.18. The highest BCUT2D eigenvalue weighted by Gasteiger charge is 2.01. The molecule has 0 unspecified atom stereocenters. The molecule has 0 aliphatic carbocycles. The molecular formula is C6H12NO2. The molecule has 3 nitrogen and oxygen atoms in total. The fourth-order valence-electron chi connectivity index (χ4n) is 0.284. The Kier molecular flexibility index (Phi) is 3.84. The van der Waals surface area contributed by atoms with Crippen molar-refractivity contribution in [2.45, 2.75) is 6.92 Å². The Balaban J connectivity index is 3.28. The Morgan fingerprint density at radius 1 is 1.67 bits per heavy atom. The van der Waals surface area contributed by atoms with Gasteiger partial charge in [0.15, 0.2) is 0 Å². The van der Waals surface area contributed by atoms with Gasteiger partial charge in [-0.25, -0.2) is 4.79 Å². The molecule has 0 bridgehead atoms. The predicted octanol–water partition coefficient (Wildman–Crippen LogP) is 0.909. The average Bonchev–Trinajstić information content (AvgIpc) is 1.82. The number of carbonyl (C=O) groups excluding carboxylic acids is 1. The van der Waals surface area contributed by atoms with E-state index in [0.29, 0.717) is 6.61 Å². The topological polar surface area (TPSA) is 29.5 Å². The summed E-state index contributed by atoms with van der Waals surface area (Å²) in [5, 5.41) is 0. The van der Waals surface area contributed by atoms with E-state index in [1.165, 1.54) is 4.90 Å². The Labute approximate surface area is 55.6 Å². The van der Waals surface area contributed by atoms with E-state index in [1.807, 2.05) is 6.92 Å². The van der Waals surface area contributed by atoms with Crippen LogP contribution in [0.2, 0.25) is 0 Å². The maximum absolute atomic E-state index is 10.6. The lowest BCUT2D eigenvalue weighted by Crippen LogP contribution is -2.22. The minimum absolute atomic E-state index is 0.298. The van der Waals surface area contributed by atoms with Gasteiger partial charge in [-0.1, -0.05) is 6.92 Å². The van der Waals surface area contributed by atoms with Gasteiger partial charge >= 0.3 is 6.09 Å². The lowest BCUT2D eigenvalue weighted by atomic mass is 10.5. The van der Waals surface area contributed by atoms with Crippen molar-refractivity contribution in [3.8, 4) is 0 Å². The number of ether oxygens (including phenoxy) is 1. The van der Waals surface area contributed by atoms with Gasteiger partial charge in [0.05, 0.1) is 6.61 Å². The fourth-order valence-corrected chi connectivity index (χ4v) is 0.284. The van der Waals surface area contributed by atoms with Crippen molar-refractivity contribution in [1.29, 1.82) is 0 Å². The molecule has 0 spiro atoms. The number of hydrogen-bond acceptors (Lipinski definition) is 2. The van der Waals surface area contributed by atoms with Crippen LogP contribution in [0.1, 0.15) is 6.92 Å². The average molecular weight is 130 g/mol. The molecule has 0 atom stereocenters. The largest absolute Gasteiger partial charge is 0.449 e. The quantitative estimate of drug-likeness (QED) is 0.556. The zero-order valence-corrected chi connectivity index (χ0v) is 6.05. The molecule has 1 amide bonds. The molecule has 0 saturated carbocycles. The van der Waals surface area contributed by atoms with E-state index in [1.54, 1.807) is 20.5 Å². The normalized spacial score (nSPS) is 8.78. The molecule has 0 aromatic heterocycles. The number of hydrogen-bond donors (Lipinski definition) is 0. The molecule has 0 aliphatic heterocycles. The molecule has 0 saturated heterocycles. The van der Waals surface area contributed by atoms with Crippen LogP contribution in [0.4, 0.5) is 4.79 Å². The van der Waals surface area contributed by atoms with Crippen LogP contribution < -0.4 is 0 Å². The second-order valence-corrected chi connectivity index (χ2v) is 1.88. The molecule has 9 heavy (non-hydrogen) atoms. The van der Waals surface area contributed by atoms with Crippen LogP contribution in [0.25, 0.3) is 0 Å². The summed E-state index contributed by atoms with van der Waals surface area (Å²) in [5.41, 5.74) is 0. The van der Waals surface area contributed by atoms with E-state index < -0.39 is 0 Å². The third-order valence-corrected chi connectivity index (χ3v) is 0.739. The van der Waals surface area contributed by atoms with Crippen molar-refractivity contribution in [3.63, 3.8) is 0 Å². The fraction of sp³-hybridized carbons (Fsp3) is 0.667. The highest BCUT2D eigenvalue weighted by Crippen LogP contribution is 1.85. The predicted molar refractivity (Wildman–Crippen MR) is 35.0 cm³/mol. The standard InChI is InChI=1S/C6H12NO2/c1-4-5-9-6(8)7(2)3/h4H,5H2,1-3H3. The summed E-state index contributed by atoms with van der Waals surface area (Å²) in [5.74, 6) is 0. The Morgan fingerprint density at radius 2 is 2.22 bits per heavy atom. The van der Waals surface area contributed by atoms with Crippen LogP contribution in [-0.4, -0.2) is 31.7 Å². The number of amides is 1. The van der Waals surface area contributed by atoms with Gasteiger partial charge in [-0.2, -0.15) is 0 Å². The molecule has 0 aromatic carbocycles. The first kappa shape index (κ1) is 8.27. The van der Waals surface area contributed by atoms with Crippen molar-refractivity contribution in [2.75, 3.05) is 20.7 Å². The van der Waals surface area contributed by atoms with Crippen LogP contribution in [0.15, 0.2) is 0 Å². The van der Waals surface area contributed by atoms with Crippen LogP contribution in [0.5, 0.6) is 0 Å². The van der Waals surface area contributed by atoms with Crippen LogP contribution in [0.3, 0.4) is 0 Å². The molecule has 0 aromatic rings. The van der Waals surface area contributed by atoms with E-state index in [0.717, 1.165) is 0 Å². The molecule has 3 heteroatoms. The van der Waals surface area contributed by atoms with Gasteiger partial charge < -0.3 is 9.64 Å². The van der Waals surface area contributed by atoms with E-state index in [4.69, 9.17) is 0 Å². The van der Waals surface area contributed by atoms with Crippen molar-refractivity contribution in [1.82, 2.24) is 4.90 Å². The van der Waals surface area contributed by atoms with Gasteiger partial charge in [-0.15, -0.1) is 0 Å². The molecule has 0 heterocycles. The second kappa shape index (κ2) is 4.18. The second-order valence-electron chi connectivity index (χ2n) is 1.88. The first-order valence-corrected chi connectivity index (χ1v) is 2.80. The van der Waals surface area contributed by atoms with E-state index >= 15 is 0 Å². The minimum atomic E-state index is -0.298. The zero-order valence-electron chi connectivity index (χ0n) is 6.05. The van der Waals surface area contributed by atoms with Crippen LogP contribution in [0, 0.1) is 6.42 Å². The SMILES string of the molecule is C[CH]COC(=O)N(C)C. The monoisotopic (exact) mass is 130 g/mol. The van der Waals surface area contributed by atoms with Crippen LogP contribution in [-0.2, 0) is 4.74 Å². The molecular weight excluding hydrogens is 118 g/mol. The molecule has 53 valence electrons. The number of nitrogens with zero attached hydrogens (tertiary/aromatic N) is 1. The Bertz CT molecular complexity index is 91.1. The van der Waals surface area contributed by atoms with E-state index in [9.17, 15) is 4.79 Å². The third kappa shape index (κ3) is 3.82. The molecule has 1 radical (unpaired) electrons. The summed E-state index contributed by atoms with van der Waals surface area (Å²) in [4.78, 5) is 12.0. The maximum Gasteiger partial charge on any atom is 0.409 e. The zero-order chi connectivity index (χ0) is 7.28. The van der Waals surface area contributed by atoms with Crippen molar-refractivity contribution >= 4 is 6.09 Å². The van der Waals surface area contributed by atoms with Gasteiger partial charge in [0.1, 0.15) is 0 Å². The van der Waals surface area contributed by atoms with Gasteiger partial charge in [0.25, 0.3) is 0 Å². The molecule has 0 rings (SSSR count). The molecule has 0 aliphatic rings. The summed E-state index contributed by atoms with van der Waals surface area (Å²) >= 11 is 0. The minimum Gasteiger partial charge on any atom is -0.449 e.